The molecule has 1 aromatic carbocycles. The van der Waals surface area contributed by atoms with Crippen LogP contribution in [-0.2, 0) is 0 Å². The maximum Gasteiger partial charge on any atom is 0.127 e. The molecule has 0 spiro atoms. The molecule has 0 heterocycles. The lowest BCUT2D eigenvalue weighted by atomic mass is 9.90. The van der Waals surface area contributed by atoms with Gasteiger partial charge in [-0.25, -0.2) is 0 Å². The number of rotatable bonds is 7. The number of aryl methyl sites for hydroxylation is 1. The summed E-state index contributed by atoms with van der Waals surface area (Å²) in [5.74, 6) is 0.976. The van der Waals surface area contributed by atoms with Crippen LogP contribution in [0.5, 0.6) is 5.75 Å². The molecule has 1 radical (unpaired) electrons. The van der Waals surface area contributed by atoms with Gasteiger partial charge in [-0.15, -0.1) is 0 Å². The average molecular weight is 313 g/mol. The SMILES string of the molecule is Cc1ccc(OCCN(C)C)c(C2=C(CN(C)C)[CH]CC=C2)c1. The minimum absolute atomic E-state index is 0.701. The fourth-order valence-corrected chi connectivity index (χ4v) is 2.68. The van der Waals surface area contributed by atoms with Gasteiger partial charge in [0.15, 0.2) is 0 Å². The van der Waals surface area contributed by atoms with E-state index in [1.54, 1.807) is 0 Å². The Labute approximate surface area is 141 Å². The Balaban J connectivity index is 2.33. The minimum atomic E-state index is 0.701. The molecule has 0 amide bonds. The van der Waals surface area contributed by atoms with E-state index in [-0.39, 0.29) is 0 Å². The predicted octanol–water partition coefficient (Wildman–Crippen LogP) is 3.41. The third-order valence-electron chi connectivity index (χ3n) is 3.84. The first kappa shape index (κ1) is 17.8. The highest BCUT2D eigenvalue weighted by atomic mass is 16.5. The van der Waals surface area contributed by atoms with E-state index in [9.17, 15) is 0 Å². The standard InChI is InChI=1S/C20H29N2O/c1-16-10-11-20(23-13-12-21(2)3)19(14-16)18-9-7-6-8-17(18)15-22(4)5/h7-11,14H,6,12-13,15H2,1-5H3. The van der Waals surface area contributed by atoms with Crippen molar-refractivity contribution >= 4 is 5.57 Å². The quantitative estimate of drug-likeness (QED) is 0.767. The Hall–Kier alpha value is -1.58. The number of hydrogen-bond acceptors (Lipinski definition) is 3. The molecule has 0 unspecified atom stereocenters. The molecular weight excluding hydrogens is 284 g/mol. The van der Waals surface area contributed by atoms with E-state index in [0.29, 0.717) is 6.61 Å². The highest BCUT2D eigenvalue weighted by Gasteiger charge is 2.15. The summed E-state index contributed by atoms with van der Waals surface area (Å²) in [6.07, 6.45) is 7.80. The molecular formula is C20H29N2O. The molecule has 3 nitrogen and oxygen atoms in total. The molecule has 1 aliphatic carbocycles. The Morgan fingerprint density at radius 1 is 1.09 bits per heavy atom. The lowest BCUT2D eigenvalue weighted by Gasteiger charge is -2.22. The second-order valence-electron chi connectivity index (χ2n) is 6.67. The summed E-state index contributed by atoms with van der Waals surface area (Å²) in [6, 6.07) is 6.46. The number of benzene rings is 1. The molecule has 1 aromatic rings. The highest BCUT2D eigenvalue weighted by Crippen LogP contribution is 2.34. The fourth-order valence-electron chi connectivity index (χ4n) is 2.68. The van der Waals surface area contributed by atoms with Gasteiger partial charge in [-0.2, -0.15) is 0 Å². The molecule has 0 fully saturated rings. The van der Waals surface area contributed by atoms with Gasteiger partial charge in [-0.3, -0.25) is 0 Å². The minimum Gasteiger partial charge on any atom is -0.492 e. The summed E-state index contributed by atoms with van der Waals surface area (Å²) in [6.45, 7) is 4.70. The first-order chi connectivity index (χ1) is 11.0. The van der Waals surface area contributed by atoms with Gasteiger partial charge < -0.3 is 14.5 Å². The Kier molecular flexibility index (Phi) is 6.43. The average Bonchev–Trinajstić information content (AvgIpc) is 2.48. The lowest BCUT2D eigenvalue weighted by Crippen LogP contribution is -2.20. The second kappa shape index (κ2) is 8.32. The van der Waals surface area contributed by atoms with Crippen LogP contribution in [0.15, 0.2) is 35.9 Å². The molecule has 0 saturated heterocycles. The van der Waals surface area contributed by atoms with E-state index < -0.39 is 0 Å². The smallest absolute Gasteiger partial charge is 0.127 e. The number of hydrogen-bond donors (Lipinski definition) is 0. The Bertz CT molecular complexity index is 585. The molecule has 23 heavy (non-hydrogen) atoms. The van der Waals surface area contributed by atoms with Crippen molar-refractivity contribution in [2.24, 2.45) is 0 Å². The molecule has 2 rings (SSSR count). The zero-order valence-electron chi connectivity index (χ0n) is 15.1. The van der Waals surface area contributed by atoms with Crippen LogP contribution in [0.1, 0.15) is 17.5 Å². The highest BCUT2D eigenvalue weighted by molar-refractivity contribution is 5.82. The Morgan fingerprint density at radius 2 is 1.87 bits per heavy atom. The summed E-state index contributed by atoms with van der Waals surface area (Å²) >= 11 is 0. The van der Waals surface area contributed by atoms with Crippen LogP contribution in [0.25, 0.3) is 5.57 Å². The molecule has 0 N–H and O–H groups in total. The van der Waals surface area contributed by atoms with Gasteiger partial charge in [-0.1, -0.05) is 23.8 Å². The third-order valence-corrected chi connectivity index (χ3v) is 3.84. The van der Waals surface area contributed by atoms with E-state index in [2.05, 4.69) is 81.7 Å². The molecule has 0 bridgehead atoms. The van der Waals surface area contributed by atoms with Gasteiger partial charge in [0, 0.05) is 18.7 Å². The maximum absolute atomic E-state index is 6.07. The van der Waals surface area contributed by atoms with Crippen molar-refractivity contribution in [3.63, 3.8) is 0 Å². The van der Waals surface area contributed by atoms with Crippen LogP contribution in [0.3, 0.4) is 0 Å². The van der Waals surface area contributed by atoms with Gasteiger partial charge in [0.1, 0.15) is 12.4 Å². The van der Waals surface area contributed by atoms with E-state index in [1.165, 1.54) is 22.3 Å². The van der Waals surface area contributed by atoms with Gasteiger partial charge in [-0.05, 0) is 71.2 Å². The van der Waals surface area contributed by atoms with E-state index >= 15 is 0 Å². The zero-order chi connectivity index (χ0) is 16.8. The first-order valence-electron chi connectivity index (χ1n) is 8.23. The number of allylic oxidation sites excluding steroid dienone is 3. The van der Waals surface area contributed by atoms with Crippen molar-refractivity contribution in [2.45, 2.75) is 13.3 Å². The molecule has 0 aromatic heterocycles. The summed E-state index contributed by atoms with van der Waals surface area (Å²) in [7, 11) is 8.36. The second-order valence-corrected chi connectivity index (χ2v) is 6.67. The van der Waals surface area contributed by atoms with E-state index in [0.717, 1.165) is 25.3 Å². The number of likely N-dealkylation sites (N-methyl/N-ethyl adjacent to an activating group) is 2. The Morgan fingerprint density at radius 3 is 2.57 bits per heavy atom. The van der Waals surface area contributed by atoms with Crippen molar-refractivity contribution in [3.8, 4) is 5.75 Å². The first-order valence-corrected chi connectivity index (χ1v) is 8.23. The van der Waals surface area contributed by atoms with Gasteiger partial charge in [0.05, 0.1) is 0 Å². The number of ether oxygens (including phenoxy) is 1. The predicted molar refractivity (Wildman–Crippen MR) is 98.8 cm³/mol. The summed E-state index contributed by atoms with van der Waals surface area (Å²) in [5.41, 5.74) is 5.12. The molecule has 1 aliphatic rings. The van der Waals surface area contributed by atoms with E-state index in [1.807, 2.05) is 0 Å². The monoisotopic (exact) mass is 313 g/mol. The van der Waals surface area contributed by atoms with Crippen LogP contribution in [-0.4, -0.2) is 57.7 Å². The van der Waals surface area contributed by atoms with Crippen molar-refractivity contribution in [1.82, 2.24) is 9.80 Å². The van der Waals surface area contributed by atoms with Crippen molar-refractivity contribution < 1.29 is 4.74 Å². The fraction of sp³-hybridized carbons (Fsp3) is 0.450. The summed E-state index contributed by atoms with van der Waals surface area (Å²) in [4.78, 5) is 4.35. The van der Waals surface area contributed by atoms with Crippen LogP contribution in [0.4, 0.5) is 0 Å². The maximum atomic E-state index is 6.07. The van der Waals surface area contributed by atoms with Crippen molar-refractivity contribution in [1.29, 1.82) is 0 Å². The van der Waals surface area contributed by atoms with Crippen LogP contribution in [0.2, 0.25) is 0 Å². The molecule has 3 heteroatoms. The van der Waals surface area contributed by atoms with Gasteiger partial charge >= 0.3 is 0 Å². The van der Waals surface area contributed by atoms with Crippen molar-refractivity contribution in [3.05, 3.63) is 53.5 Å². The topological polar surface area (TPSA) is 15.7 Å². The molecule has 125 valence electrons. The van der Waals surface area contributed by atoms with Gasteiger partial charge in [0.2, 0.25) is 0 Å². The zero-order valence-corrected chi connectivity index (χ0v) is 15.1. The molecule has 0 aliphatic heterocycles. The summed E-state index contributed by atoms with van der Waals surface area (Å²) < 4.78 is 6.07. The third kappa shape index (κ3) is 5.22. The van der Waals surface area contributed by atoms with Gasteiger partial charge in [0.25, 0.3) is 0 Å². The van der Waals surface area contributed by atoms with Crippen LogP contribution < -0.4 is 4.74 Å². The molecule has 0 saturated carbocycles. The van der Waals surface area contributed by atoms with E-state index in [4.69, 9.17) is 4.74 Å². The van der Waals surface area contributed by atoms with Crippen LogP contribution in [0, 0.1) is 13.3 Å². The number of nitrogens with zero attached hydrogens (tertiary/aromatic N) is 2. The normalized spacial score (nSPS) is 14.9. The molecule has 0 atom stereocenters. The lowest BCUT2D eigenvalue weighted by molar-refractivity contribution is 0.261. The van der Waals surface area contributed by atoms with Crippen LogP contribution >= 0.6 is 0 Å². The largest absolute Gasteiger partial charge is 0.492 e. The summed E-state index contributed by atoms with van der Waals surface area (Å²) in [5, 5.41) is 0. The van der Waals surface area contributed by atoms with Crippen molar-refractivity contribution in [2.75, 3.05) is 47.9 Å².